The van der Waals surface area contributed by atoms with Crippen LogP contribution in [0.5, 0.6) is 0 Å². The highest BCUT2D eigenvalue weighted by Gasteiger charge is 2.12. The summed E-state index contributed by atoms with van der Waals surface area (Å²) in [7, 11) is 0. The number of carbonyl (C=O) groups is 1. The summed E-state index contributed by atoms with van der Waals surface area (Å²) < 4.78 is 1.15. The van der Waals surface area contributed by atoms with Crippen LogP contribution in [0.25, 0.3) is 22.2 Å². The molecular weight excluding hydrogens is 322 g/mol. The Labute approximate surface area is 142 Å². The van der Waals surface area contributed by atoms with E-state index in [-0.39, 0.29) is 17.1 Å². The Balaban J connectivity index is 2.15. The molecule has 8 heteroatoms. The fraction of sp³-hybridized carbons (Fsp3) is 0.353. The summed E-state index contributed by atoms with van der Waals surface area (Å²) in [6, 6.07) is 5.06. The SMILES string of the molecule is CCCCn1c(=O)[nH]c2nc3cc(NC(=O)CC)ccc3nc2c1=O. The van der Waals surface area contributed by atoms with Gasteiger partial charge >= 0.3 is 5.69 Å². The minimum atomic E-state index is -0.491. The fourth-order valence-electron chi connectivity index (χ4n) is 2.53. The number of nitrogens with zero attached hydrogens (tertiary/aromatic N) is 3. The zero-order chi connectivity index (χ0) is 18.0. The second-order valence-electron chi connectivity index (χ2n) is 5.77. The van der Waals surface area contributed by atoms with Crippen LogP contribution in [0, 0.1) is 0 Å². The molecule has 8 nitrogen and oxygen atoms in total. The Bertz CT molecular complexity index is 1070. The minimum Gasteiger partial charge on any atom is -0.326 e. The Hall–Kier alpha value is -3.03. The van der Waals surface area contributed by atoms with Crippen LogP contribution in [0.1, 0.15) is 33.1 Å². The first-order chi connectivity index (χ1) is 12.0. The van der Waals surface area contributed by atoms with Gasteiger partial charge in [0.2, 0.25) is 5.91 Å². The largest absolute Gasteiger partial charge is 0.330 e. The molecule has 0 aliphatic heterocycles. The topological polar surface area (TPSA) is 110 Å². The van der Waals surface area contributed by atoms with E-state index in [1.165, 1.54) is 0 Å². The van der Waals surface area contributed by atoms with Gasteiger partial charge in [-0.1, -0.05) is 20.3 Å². The summed E-state index contributed by atoms with van der Waals surface area (Å²) in [5, 5.41) is 2.74. The van der Waals surface area contributed by atoms with Gasteiger partial charge in [-0.15, -0.1) is 0 Å². The monoisotopic (exact) mass is 341 g/mol. The lowest BCUT2D eigenvalue weighted by molar-refractivity contribution is -0.115. The number of H-pyrrole nitrogens is 1. The van der Waals surface area contributed by atoms with Crippen molar-refractivity contribution in [3.05, 3.63) is 39.0 Å². The van der Waals surface area contributed by atoms with Crippen molar-refractivity contribution in [1.29, 1.82) is 0 Å². The summed E-state index contributed by atoms with van der Waals surface area (Å²) >= 11 is 0. The van der Waals surface area contributed by atoms with Crippen LogP contribution in [0.15, 0.2) is 27.8 Å². The number of benzene rings is 1. The molecule has 25 heavy (non-hydrogen) atoms. The van der Waals surface area contributed by atoms with E-state index in [9.17, 15) is 14.4 Å². The van der Waals surface area contributed by atoms with Gasteiger partial charge in [-0.3, -0.25) is 19.1 Å². The van der Waals surface area contributed by atoms with Crippen LogP contribution in [0.2, 0.25) is 0 Å². The zero-order valence-electron chi connectivity index (χ0n) is 14.1. The van der Waals surface area contributed by atoms with E-state index in [4.69, 9.17) is 0 Å². The maximum atomic E-state index is 12.5. The lowest BCUT2D eigenvalue weighted by Gasteiger charge is -2.07. The summed E-state index contributed by atoms with van der Waals surface area (Å²) in [4.78, 5) is 47.5. The molecule has 0 saturated carbocycles. The molecule has 0 spiro atoms. The number of unbranched alkanes of at least 4 members (excludes halogenated alkanes) is 1. The lowest BCUT2D eigenvalue weighted by atomic mass is 10.2. The van der Waals surface area contributed by atoms with Gasteiger partial charge in [0, 0.05) is 18.7 Å². The van der Waals surface area contributed by atoms with E-state index in [1.54, 1.807) is 25.1 Å². The van der Waals surface area contributed by atoms with Crippen molar-refractivity contribution in [1.82, 2.24) is 19.5 Å². The van der Waals surface area contributed by atoms with Gasteiger partial charge < -0.3 is 5.32 Å². The molecule has 130 valence electrons. The summed E-state index contributed by atoms with van der Waals surface area (Å²) in [5.74, 6) is -0.111. The first kappa shape index (κ1) is 16.8. The van der Waals surface area contributed by atoms with Crippen LogP contribution >= 0.6 is 0 Å². The molecule has 0 aliphatic rings. The van der Waals surface area contributed by atoms with Crippen molar-refractivity contribution in [2.75, 3.05) is 5.32 Å². The van der Waals surface area contributed by atoms with Gasteiger partial charge in [-0.25, -0.2) is 14.8 Å². The van der Waals surface area contributed by atoms with Gasteiger partial charge in [0.25, 0.3) is 5.56 Å². The van der Waals surface area contributed by atoms with Crippen LogP contribution in [0.4, 0.5) is 5.69 Å². The van der Waals surface area contributed by atoms with Gasteiger partial charge in [0.1, 0.15) is 0 Å². The molecule has 0 fully saturated rings. The number of rotatable bonds is 5. The molecule has 1 amide bonds. The van der Waals surface area contributed by atoms with E-state index < -0.39 is 11.2 Å². The Morgan fingerprint density at radius 1 is 1.20 bits per heavy atom. The first-order valence-corrected chi connectivity index (χ1v) is 8.28. The van der Waals surface area contributed by atoms with Crippen LogP contribution in [-0.4, -0.2) is 25.4 Å². The van der Waals surface area contributed by atoms with Gasteiger partial charge in [-0.05, 0) is 24.6 Å². The number of nitrogens with one attached hydrogen (secondary N) is 2. The molecule has 3 aromatic rings. The molecule has 2 aromatic heterocycles. The summed E-state index contributed by atoms with van der Waals surface area (Å²) in [6.07, 6.45) is 1.97. The minimum absolute atomic E-state index is 0.111. The summed E-state index contributed by atoms with van der Waals surface area (Å²) in [6.45, 7) is 4.10. The van der Waals surface area contributed by atoms with Crippen molar-refractivity contribution >= 4 is 33.8 Å². The van der Waals surface area contributed by atoms with Crippen molar-refractivity contribution in [3.63, 3.8) is 0 Å². The molecule has 0 atom stereocenters. The molecule has 0 unspecified atom stereocenters. The average Bonchev–Trinajstić information content (AvgIpc) is 2.60. The van der Waals surface area contributed by atoms with E-state index >= 15 is 0 Å². The number of amides is 1. The molecule has 2 heterocycles. The fourth-order valence-corrected chi connectivity index (χ4v) is 2.53. The quantitative estimate of drug-likeness (QED) is 0.687. The van der Waals surface area contributed by atoms with Crippen LogP contribution in [0.3, 0.4) is 0 Å². The number of aromatic amines is 1. The maximum absolute atomic E-state index is 12.5. The third-order valence-corrected chi connectivity index (χ3v) is 3.92. The Morgan fingerprint density at radius 3 is 2.72 bits per heavy atom. The number of aromatic nitrogens is 4. The molecule has 0 saturated heterocycles. The standard InChI is InChI=1S/C17H19N5O3/c1-3-5-8-22-16(24)14-15(21-17(22)25)20-12-9-10(18-13(23)4-2)6-7-11(12)19-14/h6-7,9H,3-5,8H2,1-2H3,(H,18,23)(H,20,21,25). The molecule has 3 rings (SSSR count). The van der Waals surface area contributed by atoms with E-state index in [2.05, 4.69) is 20.3 Å². The van der Waals surface area contributed by atoms with E-state index in [1.807, 2.05) is 6.92 Å². The molecule has 0 radical (unpaired) electrons. The van der Waals surface area contributed by atoms with Gasteiger partial charge in [0.15, 0.2) is 11.2 Å². The smallest absolute Gasteiger partial charge is 0.326 e. The molecule has 0 aliphatic carbocycles. The molecular formula is C17H19N5O3. The van der Waals surface area contributed by atoms with E-state index in [0.29, 0.717) is 29.7 Å². The highest BCUT2D eigenvalue weighted by molar-refractivity contribution is 5.93. The van der Waals surface area contributed by atoms with Crippen molar-refractivity contribution in [3.8, 4) is 0 Å². The number of anilines is 1. The third kappa shape index (κ3) is 3.28. The van der Waals surface area contributed by atoms with Crippen molar-refractivity contribution < 1.29 is 4.79 Å². The van der Waals surface area contributed by atoms with Crippen LogP contribution < -0.4 is 16.6 Å². The Morgan fingerprint density at radius 2 is 2.00 bits per heavy atom. The maximum Gasteiger partial charge on any atom is 0.330 e. The average molecular weight is 341 g/mol. The van der Waals surface area contributed by atoms with Crippen molar-refractivity contribution in [2.45, 2.75) is 39.7 Å². The highest BCUT2D eigenvalue weighted by Crippen LogP contribution is 2.17. The number of hydrogen-bond acceptors (Lipinski definition) is 5. The predicted molar refractivity (Wildman–Crippen MR) is 95.8 cm³/mol. The molecule has 2 N–H and O–H groups in total. The van der Waals surface area contributed by atoms with Crippen LogP contribution in [-0.2, 0) is 11.3 Å². The third-order valence-electron chi connectivity index (χ3n) is 3.92. The zero-order valence-corrected chi connectivity index (χ0v) is 14.1. The van der Waals surface area contributed by atoms with Crippen molar-refractivity contribution in [2.24, 2.45) is 0 Å². The van der Waals surface area contributed by atoms with E-state index in [0.717, 1.165) is 17.4 Å². The normalized spacial score (nSPS) is 11.1. The second kappa shape index (κ2) is 6.84. The van der Waals surface area contributed by atoms with Gasteiger partial charge in [-0.2, -0.15) is 0 Å². The highest BCUT2D eigenvalue weighted by atomic mass is 16.2. The molecule has 1 aromatic carbocycles. The number of hydrogen-bond donors (Lipinski definition) is 2. The number of fused-ring (bicyclic) bond motifs is 2. The Kier molecular flexibility index (Phi) is 4.60. The lowest BCUT2D eigenvalue weighted by Crippen LogP contribution is -2.35. The number of carbonyl (C=O) groups excluding carboxylic acids is 1. The second-order valence-corrected chi connectivity index (χ2v) is 5.77. The van der Waals surface area contributed by atoms with Gasteiger partial charge in [0.05, 0.1) is 11.0 Å². The first-order valence-electron chi connectivity index (χ1n) is 8.28. The predicted octanol–water partition coefficient (Wildman–Crippen LogP) is 1.78. The summed E-state index contributed by atoms with van der Waals surface area (Å²) in [5.41, 5.74) is 0.949. The molecule has 0 bridgehead atoms.